The monoisotopic (exact) mass is 355 g/mol. The summed E-state index contributed by atoms with van der Waals surface area (Å²) in [5.74, 6) is 0.242. The lowest BCUT2D eigenvalue weighted by Crippen LogP contribution is -2.16. The van der Waals surface area contributed by atoms with Gasteiger partial charge in [-0.3, -0.25) is 4.79 Å². The fourth-order valence-corrected chi connectivity index (χ4v) is 2.49. The predicted molar refractivity (Wildman–Crippen MR) is 102 cm³/mol. The summed E-state index contributed by atoms with van der Waals surface area (Å²) in [4.78, 5) is 24.1. The first-order chi connectivity index (χ1) is 12.5. The molecule has 0 aliphatic carbocycles. The Labute approximate surface area is 154 Å². The number of aryl methyl sites for hydroxylation is 1. The van der Waals surface area contributed by atoms with Gasteiger partial charge < -0.3 is 14.8 Å². The minimum atomic E-state index is -0.443. The van der Waals surface area contributed by atoms with Crippen LogP contribution in [0.15, 0.2) is 42.5 Å². The van der Waals surface area contributed by atoms with Crippen molar-refractivity contribution in [1.82, 2.24) is 0 Å². The molecule has 0 fully saturated rings. The van der Waals surface area contributed by atoms with Gasteiger partial charge in [-0.1, -0.05) is 24.3 Å². The molecule has 0 bridgehead atoms. The lowest BCUT2D eigenvalue weighted by atomic mass is 10.1. The number of amides is 1. The van der Waals surface area contributed by atoms with E-state index in [1.54, 1.807) is 31.2 Å². The zero-order valence-corrected chi connectivity index (χ0v) is 15.5. The van der Waals surface area contributed by atoms with Crippen LogP contribution in [0.3, 0.4) is 0 Å². The molecular formula is C21H25NO4. The summed E-state index contributed by atoms with van der Waals surface area (Å²) >= 11 is 0. The Kier molecular flexibility index (Phi) is 7.21. The van der Waals surface area contributed by atoms with Crippen molar-refractivity contribution in [3.8, 4) is 5.75 Å². The number of anilines is 1. The van der Waals surface area contributed by atoms with Gasteiger partial charge >= 0.3 is 5.97 Å². The van der Waals surface area contributed by atoms with Crippen LogP contribution in [-0.4, -0.2) is 25.1 Å². The molecule has 0 aliphatic heterocycles. The largest absolute Gasteiger partial charge is 0.493 e. The summed E-state index contributed by atoms with van der Waals surface area (Å²) in [5, 5.41) is 2.77. The van der Waals surface area contributed by atoms with E-state index in [4.69, 9.17) is 9.47 Å². The summed E-state index contributed by atoms with van der Waals surface area (Å²) in [5.41, 5.74) is 3.11. The van der Waals surface area contributed by atoms with Gasteiger partial charge in [0.05, 0.1) is 24.5 Å². The smallest absolute Gasteiger partial charge is 0.340 e. The molecule has 0 saturated heterocycles. The van der Waals surface area contributed by atoms with Gasteiger partial charge in [0.15, 0.2) is 0 Å². The van der Waals surface area contributed by atoms with E-state index in [0.29, 0.717) is 30.7 Å². The molecular weight excluding hydrogens is 330 g/mol. The molecule has 0 radical (unpaired) electrons. The highest BCUT2D eigenvalue weighted by Crippen LogP contribution is 2.21. The molecule has 0 spiro atoms. The van der Waals surface area contributed by atoms with Crippen molar-refractivity contribution in [2.24, 2.45) is 0 Å². The van der Waals surface area contributed by atoms with Crippen LogP contribution in [0.25, 0.3) is 0 Å². The van der Waals surface area contributed by atoms with E-state index in [9.17, 15) is 9.59 Å². The lowest BCUT2D eigenvalue weighted by molar-refractivity contribution is -0.116. The normalized spacial score (nSPS) is 10.3. The molecule has 0 atom stereocenters. The lowest BCUT2D eigenvalue weighted by Gasteiger charge is -2.12. The highest BCUT2D eigenvalue weighted by Gasteiger charge is 2.13. The van der Waals surface area contributed by atoms with Gasteiger partial charge in [-0.25, -0.2) is 4.79 Å². The molecule has 1 N–H and O–H groups in total. The third-order valence-corrected chi connectivity index (χ3v) is 4.06. The van der Waals surface area contributed by atoms with Crippen LogP contribution in [0.2, 0.25) is 0 Å². The quantitative estimate of drug-likeness (QED) is 0.567. The summed E-state index contributed by atoms with van der Waals surface area (Å²) in [6.07, 6.45) is 0.892. The van der Waals surface area contributed by atoms with Gasteiger partial charge in [0.1, 0.15) is 5.75 Å². The Morgan fingerprint density at radius 2 is 1.81 bits per heavy atom. The number of carbonyl (C=O) groups is 2. The second-order valence-corrected chi connectivity index (χ2v) is 5.96. The van der Waals surface area contributed by atoms with Crippen LogP contribution in [0.4, 0.5) is 5.69 Å². The Hall–Kier alpha value is -2.82. The average molecular weight is 355 g/mol. The van der Waals surface area contributed by atoms with Crippen molar-refractivity contribution in [2.45, 2.75) is 33.6 Å². The first-order valence-corrected chi connectivity index (χ1v) is 8.78. The third-order valence-electron chi connectivity index (χ3n) is 4.06. The Morgan fingerprint density at radius 1 is 1.04 bits per heavy atom. The summed E-state index contributed by atoms with van der Waals surface area (Å²) in [7, 11) is 0. The molecule has 1 amide bonds. The number of nitrogens with one attached hydrogen (secondary N) is 1. The molecule has 5 nitrogen and oxygen atoms in total. The van der Waals surface area contributed by atoms with E-state index >= 15 is 0 Å². The fourth-order valence-electron chi connectivity index (χ4n) is 2.49. The van der Waals surface area contributed by atoms with E-state index in [1.165, 1.54) is 5.56 Å². The van der Waals surface area contributed by atoms with Crippen molar-refractivity contribution in [1.29, 1.82) is 0 Å². The van der Waals surface area contributed by atoms with Crippen molar-refractivity contribution in [2.75, 3.05) is 18.5 Å². The maximum Gasteiger partial charge on any atom is 0.340 e. The molecule has 0 heterocycles. The number of hydrogen-bond acceptors (Lipinski definition) is 4. The van der Waals surface area contributed by atoms with E-state index in [-0.39, 0.29) is 12.5 Å². The van der Waals surface area contributed by atoms with Gasteiger partial charge in [0.25, 0.3) is 0 Å². The number of carbonyl (C=O) groups excluding carboxylic acids is 2. The number of hydrogen-bond donors (Lipinski definition) is 1. The molecule has 2 aromatic carbocycles. The topological polar surface area (TPSA) is 64.6 Å². The van der Waals surface area contributed by atoms with Crippen LogP contribution in [-0.2, 0) is 9.53 Å². The predicted octanol–water partition coefficient (Wildman–Crippen LogP) is 4.28. The van der Waals surface area contributed by atoms with Crippen LogP contribution in [0.5, 0.6) is 5.75 Å². The number of rotatable bonds is 8. The molecule has 0 unspecified atom stereocenters. The molecule has 5 heteroatoms. The Bertz CT molecular complexity index is 770. The van der Waals surface area contributed by atoms with Gasteiger partial charge in [-0.05, 0) is 56.5 Å². The molecule has 0 saturated carbocycles. The van der Waals surface area contributed by atoms with Crippen LogP contribution in [0.1, 0.15) is 41.3 Å². The number of esters is 1. The SMILES string of the molecule is CCOC(=O)c1ccccc1NC(=O)CCCOc1cccc(C)c1C. The molecule has 138 valence electrons. The van der Waals surface area contributed by atoms with Crippen molar-refractivity contribution in [3.63, 3.8) is 0 Å². The van der Waals surface area contributed by atoms with E-state index in [2.05, 4.69) is 5.32 Å². The summed E-state index contributed by atoms with van der Waals surface area (Å²) in [6, 6.07) is 12.8. The van der Waals surface area contributed by atoms with Gasteiger partial charge in [-0.15, -0.1) is 0 Å². The average Bonchev–Trinajstić information content (AvgIpc) is 2.62. The maximum atomic E-state index is 12.2. The summed E-state index contributed by atoms with van der Waals surface area (Å²) in [6.45, 7) is 6.55. The highest BCUT2D eigenvalue weighted by atomic mass is 16.5. The van der Waals surface area contributed by atoms with Crippen molar-refractivity contribution >= 4 is 17.6 Å². The van der Waals surface area contributed by atoms with Crippen LogP contribution >= 0.6 is 0 Å². The molecule has 2 aromatic rings. The van der Waals surface area contributed by atoms with Crippen molar-refractivity contribution in [3.05, 3.63) is 59.2 Å². The zero-order valence-electron chi connectivity index (χ0n) is 15.5. The Morgan fingerprint density at radius 3 is 2.58 bits per heavy atom. The van der Waals surface area contributed by atoms with Crippen LogP contribution in [0, 0.1) is 13.8 Å². The third kappa shape index (κ3) is 5.34. The molecule has 0 aromatic heterocycles. The first-order valence-electron chi connectivity index (χ1n) is 8.78. The van der Waals surface area contributed by atoms with E-state index in [0.717, 1.165) is 11.3 Å². The fraction of sp³-hybridized carbons (Fsp3) is 0.333. The molecule has 26 heavy (non-hydrogen) atoms. The number of ether oxygens (including phenoxy) is 2. The molecule has 0 aliphatic rings. The highest BCUT2D eigenvalue weighted by molar-refractivity contribution is 6.01. The van der Waals surface area contributed by atoms with Crippen molar-refractivity contribution < 1.29 is 19.1 Å². The second kappa shape index (κ2) is 9.61. The number of para-hydroxylation sites is 1. The second-order valence-electron chi connectivity index (χ2n) is 5.96. The zero-order chi connectivity index (χ0) is 18.9. The molecule has 2 rings (SSSR count). The van der Waals surface area contributed by atoms with Gasteiger partial charge in [-0.2, -0.15) is 0 Å². The van der Waals surface area contributed by atoms with E-state index in [1.807, 2.05) is 32.0 Å². The minimum absolute atomic E-state index is 0.161. The number of benzene rings is 2. The van der Waals surface area contributed by atoms with Gasteiger partial charge in [0, 0.05) is 6.42 Å². The maximum absolute atomic E-state index is 12.2. The first kappa shape index (κ1) is 19.5. The van der Waals surface area contributed by atoms with E-state index < -0.39 is 5.97 Å². The summed E-state index contributed by atoms with van der Waals surface area (Å²) < 4.78 is 10.8. The van der Waals surface area contributed by atoms with Gasteiger partial charge in [0.2, 0.25) is 5.91 Å². The Balaban J connectivity index is 1.84. The minimum Gasteiger partial charge on any atom is -0.493 e. The standard InChI is InChI=1S/C21H25NO4/c1-4-25-21(24)17-10-5-6-11-18(17)22-20(23)13-8-14-26-19-12-7-9-15(2)16(19)3/h5-7,9-12H,4,8,13-14H2,1-3H3,(H,22,23). The van der Waals surface area contributed by atoms with Crippen LogP contribution < -0.4 is 10.1 Å².